The van der Waals surface area contributed by atoms with Gasteiger partial charge in [-0.25, -0.2) is 4.39 Å². The molecule has 1 aromatic heterocycles. The Labute approximate surface area is 110 Å². The number of alkyl halides is 1. The van der Waals surface area contributed by atoms with Crippen molar-refractivity contribution in [1.82, 2.24) is 0 Å². The first-order chi connectivity index (χ1) is 7.99. The van der Waals surface area contributed by atoms with E-state index in [4.69, 9.17) is 11.6 Å². The number of benzene rings is 1. The number of hydrogen-bond donors (Lipinski definition) is 0. The Morgan fingerprint density at radius 1 is 1.12 bits per heavy atom. The van der Waals surface area contributed by atoms with Crippen LogP contribution in [0, 0.1) is 26.6 Å². The Morgan fingerprint density at radius 3 is 2.35 bits per heavy atom. The first kappa shape index (κ1) is 12.6. The smallest absolute Gasteiger partial charge is 0.126 e. The molecule has 2 aromatic rings. The maximum absolute atomic E-state index is 13.2. The fourth-order valence-electron chi connectivity index (χ4n) is 1.89. The van der Waals surface area contributed by atoms with Crippen molar-refractivity contribution >= 4 is 22.9 Å². The summed E-state index contributed by atoms with van der Waals surface area (Å²) in [5, 5.41) is -0.187. The second-order valence-electron chi connectivity index (χ2n) is 4.28. The monoisotopic (exact) mass is 268 g/mol. The van der Waals surface area contributed by atoms with Crippen LogP contribution in [0.5, 0.6) is 0 Å². The van der Waals surface area contributed by atoms with E-state index >= 15 is 0 Å². The van der Waals surface area contributed by atoms with Gasteiger partial charge in [-0.15, -0.1) is 22.9 Å². The lowest BCUT2D eigenvalue weighted by Gasteiger charge is -2.10. The Hall–Kier alpha value is -0.860. The fraction of sp³-hybridized carbons (Fsp3) is 0.286. The van der Waals surface area contributed by atoms with Gasteiger partial charge in [-0.2, -0.15) is 0 Å². The normalized spacial score (nSPS) is 12.8. The third kappa shape index (κ3) is 2.53. The van der Waals surface area contributed by atoms with Crippen molar-refractivity contribution in [3.05, 3.63) is 56.5 Å². The molecule has 90 valence electrons. The van der Waals surface area contributed by atoms with E-state index in [1.54, 1.807) is 24.3 Å². The van der Waals surface area contributed by atoms with Crippen LogP contribution in [-0.2, 0) is 0 Å². The summed E-state index contributed by atoms with van der Waals surface area (Å²) in [6, 6.07) is 7.19. The molecule has 0 radical (unpaired) electrons. The van der Waals surface area contributed by atoms with Crippen LogP contribution in [0.2, 0.25) is 0 Å². The molecule has 0 N–H and O–H groups in total. The van der Waals surface area contributed by atoms with Crippen molar-refractivity contribution in [3.8, 4) is 0 Å². The van der Waals surface area contributed by atoms with Crippen LogP contribution in [0.15, 0.2) is 24.3 Å². The van der Waals surface area contributed by atoms with Gasteiger partial charge < -0.3 is 0 Å². The van der Waals surface area contributed by atoms with Crippen molar-refractivity contribution in [2.24, 2.45) is 0 Å². The van der Waals surface area contributed by atoms with Crippen molar-refractivity contribution in [2.45, 2.75) is 26.1 Å². The summed E-state index contributed by atoms with van der Waals surface area (Å²) < 4.78 is 13.2. The van der Waals surface area contributed by atoms with Crippen LogP contribution in [0.25, 0.3) is 0 Å². The van der Waals surface area contributed by atoms with Crippen molar-refractivity contribution in [1.29, 1.82) is 0 Å². The minimum absolute atomic E-state index is 0.184. The highest BCUT2D eigenvalue weighted by Crippen LogP contribution is 2.36. The summed E-state index contributed by atoms with van der Waals surface area (Å²) in [4.78, 5) is 2.40. The largest absolute Gasteiger partial charge is 0.207 e. The Kier molecular flexibility index (Phi) is 3.55. The summed E-state index contributed by atoms with van der Waals surface area (Å²) in [6.45, 7) is 5.89. The van der Waals surface area contributed by atoms with E-state index in [0.29, 0.717) is 5.56 Å². The minimum atomic E-state index is -0.187. The molecule has 0 spiro atoms. The van der Waals surface area contributed by atoms with Gasteiger partial charge in [0.25, 0.3) is 0 Å². The quantitative estimate of drug-likeness (QED) is 0.662. The number of rotatable bonds is 2. The zero-order valence-corrected chi connectivity index (χ0v) is 11.6. The highest BCUT2D eigenvalue weighted by atomic mass is 35.5. The van der Waals surface area contributed by atoms with Gasteiger partial charge in [-0.05, 0) is 49.6 Å². The average Bonchev–Trinajstić information content (AvgIpc) is 2.61. The molecular weight excluding hydrogens is 255 g/mol. The van der Waals surface area contributed by atoms with Crippen molar-refractivity contribution in [3.63, 3.8) is 0 Å². The lowest BCUT2D eigenvalue weighted by atomic mass is 10.1. The molecule has 0 saturated heterocycles. The van der Waals surface area contributed by atoms with E-state index in [1.807, 2.05) is 6.07 Å². The standard InChI is InChI=1S/C14H14ClFS/c1-8-7-11(4-5-12(8)16)13(15)14-9(2)6-10(3)17-14/h4-7,13H,1-3H3. The predicted molar refractivity (Wildman–Crippen MR) is 72.6 cm³/mol. The third-order valence-electron chi connectivity index (χ3n) is 2.78. The maximum Gasteiger partial charge on any atom is 0.126 e. The maximum atomic E-state index is 13.2. The molecule has 0 aliphatic rings. The summed E-state index contributed by atoms with van der Waals surface area (Å²) in [5.74, 6) is -0.184. The van der Waals surface area contributed by atoms with E-state index in [-0.39, 0.29) is 11.2 Å². The average molecular weight is 269 g/mol. The Bertz CT molecular complexity index is 545. The summed E-state index contributed by atoms with van der Waals surface area (Å²) >= 11 is 8.16. The van der Waals surface area contributed by atoms with Crippen LogP contribution in [0.3, 0.4) is 0 Å². The number of hydrogen-bond acceptors (Lipinski definition) is 1. The third-order valence-corrected chi connectivity index (χ3v) is 4.60. The molecule has 1 unspecified atom stereocenters. The van der Waals surface area contributed by atoms with Gasteiger partial charge in [0.2, 0.25) is 0 Å². The van der Waals surface area contributed by atoms with Crippen molar-refractivity contribution < 1.29 is 4.39 Å². The molecule has 3 heteroatoms. The molecule has 0 saturated carbocycles. The van der Waals surface area contributed by atoms with E-state index in [2.05, 4.69) is 19.9 Å². The van der Waals surface area contributed by atoms with Crippen molar-refractivity contribution in [2.75, 3.05) is 0 Å². The predicted octanol–water partition coefficient (Wildman–Crippen LogP) is 5.14. The number of aryl methyl sites for hydroxylation is 3. The highest BCUT2D eigenvalue weighted by molar-refractivity contribution is 7.12. The topological polar surface area (TPSA) is 0 Å². The zero-order chi connectivity index (χ0) is 12.6. The molecule has 0 nitrogen and oxygen atoms in total. The van der Waals surface area contributed by atoms with Gasteiger partial charge in [0.1, 0.15) is 5.82 Å². The molecule has 1 atom stereocenters. The summed E-state index contributed by atoms with van der Waals surface area (Å²) in [7, 11) is 0. The molecule has 0 bridgehead atoms. The van der Waals surface area contributed by atoms with Gasteiger partial charge in [-0.1, -0.05) is 12.1 Å². The van der Waals surface area contributed by atoms with Crippen LogP contribution < -0.4 is 0 Å². The highest BCUT2D eigenvalue weighted by Gasteiger charge is 2.16. The van der Waals surface area contributed by atoms with E-state index < -0.39 is 0 Å². The Balaban J connectivity index is 2.40. The van der Waals surface area contributed by atoms with Gasteiger partial charge in [0.05, 0.1) is 5.38 Å². The lowest BCUT2D eigenvalue weighted by molar-refractivity contribution is 0.617. The molecular formula is C14H14ClFS. The molecule has 1 heterocycles. The molecule has 1 aromatic carbocycles. The molecule has 2 rings (SSSR count). The van der Waals surface area contributed by atoms with E-state index in [0.717, 1.165) is 10.4 Å². The second-order valence-corrected chi connectivity index (χ2v) is 6.00. The zero-order valence-electron chi connectivity index (χ0n) is 10.1. The van der Waals surface area contributed by atoms with Crippen LogP contribution in [-0.4, -0.2) is 0 Å². The van der Waals surface area contributed by atoms with Crippen LogP contribution >= 0.6 is 22.9 Å². The second kappa shape index (κ2) is 4.79. The molecule has 0 aliphatic carbocycles. The fourth-order valence-corrected chi connectivity index (χ4v) is 3.37. The molecule has 0 fully saturated rings. The van der Waals surface area contributed by atoms with Gasteiger partial charge in [0.15, 0.2) is 0 Å². The minimum Gasteiger partial charge on any atom is -0.207 e. The molecule has 0 aliphatic heterocycles. The van der Waals surface area contributed by atoms with Gasteiger partial charge in [-0.3, -0.25) is 0 Å². The first-order valence-electron chi connectivity index (χ1n) is 5.46. The van der Waals surface area contributed by atoms with E-state index in [1.165, 1.54) is 16.5 Å². The molecule has 0 amide bonds. The summed E-state index contributed by atoms with van der Waals surface area (Å²) in [6.07, 6.45) is 0. The van der Waals surface area contributed by atoms with Gasteiger partial charge in [0, 0.05) is 9.75 Å². The Morgan fingerprint density at radius 2 is 1.82 bits per heavy atom. The number of halogens is 2. The van der Waals surface area contributed by atoms with E-state index in [9.17, 15) is 4.39 Å². The van der Waals surface area contributed by atoms with Gasteiger partial charge >= 0.3 is 0 Å². The molecule has 17 heavy (non-hydrogen) atoms. The number of thiophene rings is 1. The summed E-state index contributed by atoms with van der Waals surface area (Å²) in [5.41, 5.74) is 2.80. The first-order valence-corrected chi connectivity index (χ1v) is 6.71. The SMILES string of the molecule is Cc1cc(C)c(C(Cl)c2ccc(F)c(C)c2)s1. The van der Waals surface area contributed by atoms with Crippen LogP contribution in [0.4, 0.5) is 4.39 Å². The lowest BCUT2D eigenvalue weighted by Crippen LogP contribution is -1.94. The van der Waals surface area contributed by atoms with Crippen LogP contribution in [0.1, 0.15) is 31.8 Å².